The molecular weight excluding hydrogens is 357 g/mol. The first-order valence-corrected chi connectivity index (χ1v) is 7.71. The smallest absolute Gasteiger partial charge is 0.250 e. The molecule has 8 heteroatoms. The van der Waals surface area contributed by atoms with Crippen LogP contribution in [-0.2, 0) is 3.79 Å². The molecule has 3 rings (SSSR count). The number of pyridine rings is 1. The third kappa shape index (κ3) is 3.88. The summed E-state index contributed by atoms with van der Waals surface area (Å²) in [7, 11) is 0. The maximum atomic E-state index is 5.89. The monoisotopic (exact) mass is 365 g/mol. The van der Waals surface area contributed by atoms with Gasteiger partial charge in [0.15, 0.2) is 11.6 Å². The lowest BCUT2D eigenvalue weighted by Crippen LogP contribution is -2.09. The molecule has 23 heavy (non-hydrogen) atoms. The molecule has 0 fully saturated rings. The van der Waals surface area contributed by atoms with Gasteiger partial charge in [0.25, 0.3) is 0 Å². The fourth-order valence-corrected chi connectivity index (χ4v) is 2.15. The normalized spacial score (nSPS) is 12.0. The fraction of sp³-hybridized carbons (Fsp3) is 0.0667. The van der Waals surface area contributed by atoms with Gasteiger partial charge in [-0.1, -0.05) is 53.0 Å². The first-order valence-electron chi connectivity index (χ1n) is 6.58. The Labute approximate surface area is 147 Å². The maximum Gasteiger partial charge on any atom is 0.250 e. The van der Waals surface area contributed by atoms with Crippen molar-refractivity contribution >= 4 is 57.7 Å². The summed E-state index contributed by atoms with van der Waals surface area (Å²) in [5.41, 5.74) is 4.21. The molecule has 0 aliphatic heterocycles. The van der Waals surface area contributed by atoms with E-state index in [1.165, 1.54) is 0 Å². The van der Waals surface area contributed by atoms with Gasteiger partial charge >= 0.3 is 0 Å². The van der Waals surface area contributed by atoms with E-state index < -0.39 is 3.79 Å². The van der Waals surface area contributed by atoms with Crippen LogP contribution in [0.5, 0.6) is 0 Å². The molecule has 5 nitrogen and oxygen atoms in total. The Morgan fingerprint density at radius 3 is 2.52 bits per heavy atom. The number of nitrogens with one attached hydrogen (secondary N) is 1. The van der Waals surface area contributed by atoms with Crippen molar-refractivity contribution in [2.45, 2.75) is 3.79 Å². The van der Waals surface area contributed by atoms with Crippen molar-refractivity contribution in [3.63, 3.8) is 0 Å². The number of aromatic nitrogens is 3. The summed E-state index contributed by atoms with van der Waals surface area (Å²) < 4.78 is -1.72. The Balaban J connectivity index is 1.97. The number of rotatable bonds is 3. The highest BCUT2D eigenvalue weighted by atomic mass is 35.6. The van der Waals surface area contributed by atoms with Crippen molar-refractivity contribution in [2.24, 2.45) is 5.10 Å². The summed E-state index contributed by atoms with van der Waals surface area (Å²) >= 11 is 17.7. The molecule has 0 unspecified atom stereocenters. The first-order chi connectivity index (χ1) is 11.0. The van der Waals surface area contributed by atoms with Gasteiger partial charge in [-0.3, -0.25) is 10.4 Å². The van der Waals surface area contributed by atoms with E-state index in [4.69, 9.17) is 34.8 Å². The third-order valence-electron chi connectivity index (χ3n) is 2.91. The van der Waals surface area contributed by atoms with Gasteiger partial charge in [0.1, 0.15) is 0 Å². The van der Waals surface area contributed by atoms with Gasteiger partial charge in [-0.15, -0.1) is 0 Å². The molecule has 0 amide bonds. The van der Waals surface area contributed by atoms with Crippen molar-refractivity contribution in [3.8, 4) is 0 Å². The number of nitrogens with zero attached hydrogens (tertiary/aromatic N) is 4. The Hall–Kier alpha value is -1.95. The summed E-state index contributed by atoms with van der Waals surface area (Å²) in [6, 6.07) is 12.9. The van der Waals surface area contributed by atoms with Gasteiger partial charge in [-0.2, -0.15) is 5.10 Å². The van der Waals surface area contributed by atoms with Crippen LogP contribution in [0.3, 0.4) is 0 Å². The van der Waals surface area contributed by atoms with E-state index in [0.717, 1.165) is 5.39 Å². The van der Waals surface area contributed by atoms with Crippen molar-refractivity contribution < 1.29 is 0 Å². The minimum Gasteiger partial charge on any atom is -0.261 e. The third-order valence-corrected chi connectivity index (χ3v) is 3.42. The van der Waals surface area contributed by atoms with Gasteiger partial charge in [-0.25, -0.2) is 9.97 Å². The van der Waals surface area contributed by atoms with Crippen molar-refractivity contribution in [1.82, 2.24) is 15.0 Å². The molecule has 0 radical (unpaired) electrons. The average molecular weight is 367 g/mol. The molecule has 2 heterocycles. The van der Waals surface area contributed by atoms with Gasteiger partial charge in [0.2, 0.25) is 3.79 Å². The molecule has 0 atom stereocenters. The standard InChI is InChI=1S/C15H10Cl3N5/c16-15(17,18)14-21-12-7-2-1-6-11(12)13(22-14)23-20-9-10-5-3-4-8-19-10/h1-9H,(H,21,22,23)/b20-9+. The quantitative estimate of drug-likeness (QED) is 0.426. The maximum absolute atomic E-state index is 5.89. The highest BCUT2D eigenvalue weighted by Crippen LogP contribution is 2.37. The molecule has 0 saturated heterocycles. The van der Waals surface area contributed by atoms with Gasteiger partial charge in [-0.05, 0) is 24.3 Å². The molecule has 3 aromatic rings. The molecule has 0 saturated carbocycles. The summed E-state index contributed by atoms with van der Waals surface area (Å²) in [6.45, 7) is 0. The van der Waals surface area contributed by atoms with Crippen LogP contribution in [0.2, 0.25) is 0 Å². The Morgan fingerprint density at radius 2 is 1.78 bits per heavy atom. The van der Waals surface area contributed by atoms with Crippen LogP contribution in [0.25, 0.3) is 10.9 Å². The van der Waals surface area contributed by atoms with Crippen molar-refractivity contribution in [3.05, 3.63) is 60.2 Å². The van der Waals surface area contributed by atoms with Crippen LogP contribution in [0.1, 0.15) is 11.5 Å². The summed E-state index contributed by atoms with van der Waals surface area (Å²) in [5, 5.41) is 4.90. The number of halogens is 3. The number of fused-ring (bicyclic) bond motifs is 1. The van der Waals surface area contributed by atoms with Crippen LogP contribution in [0.15, 0.2) is 53.8 Å². The Kier molecular flexibility index (Phi) is 4.61. The van der Waals surface area contributed by atoms with E-state index in [1.807, 2.05) is 42.5 Å². The second-order valence-electron chi connectivity index (χ2n) is 4.54. The second kappa shape index (κ2) is 6.66. The Morgan fingerprint density at radius 1 is 1.00 bits per heavy atom. The molecule has 0 bridgehead atoms. The number of hydrogen-bond acceptors (Lipinski definition) is 5. The number of hydrazone groups is 1. The zero-order valence-corrected chi connectivity index (χ0v) is 13.9. The topological polar surface area (TPSA) is 63.1 Å². The van der Waals surface area contributed by atoms with Crippen LogP contribution in [0, 0.1) is 0 Å². The SMILES string of the molecule is ClC(Cl)(Cl)c1nc(N/N=C/c2ccccn2)c2ccccc2n1. The van der Waals surface area contributed by atoms with E-state index in [0.29, 0.717) is 17.0 Å². The summed E-state index contributed by atoms with van der Waals surface area (Å²) in [4.78, 5) is 12.7. The largest absolute Gasteiger partial charge is 0.261 e. The molecule has 0 aliphatic rings. The van der Waals surface area contributed by atoms with Crippen molar-refractivity contribution in [2.75, 3.05) is 5.43 Å². The summed E-state index contributed by atoms with van der Waals surface area (Å²) in [6.07, 6.45) is 3.26. The first kappa shape index (κ1) is 15.9. The highest BCUT2D eigenvalue weighted by Gasteiger charge is 2.28. The lowest BCUT2D eigenvalue weighted by Gasteiger charge is -2.12. The van der Waals surface area contributed by atoms with Crippen LogP contribution in [-0.4, -0.2) is 21.2 Å². The number of benzene rings is 1. The molecule has 1 N–H and O–H groups in total. The van der Waals surface area contributed by atoms with Gasteiger partial charge < -0.3 is 0 Å². The van der Waals surface area contributed by atoms with E-state index in [2.05, 4.69) is 25.5 Å². The highest BCUT2D eigenvalue weighted by molar-refractivity contribution is 6.66. The van der Waals surface area contributed by atoms with E-state index >= 15 is 0 Å². The zero-order valence-electron chi connectivity index (χ0n) is 11.6. The number of anilines is 1. The predicted molar refractivity (Wildman–Crippen MR) is 94.2 cm³/mol. The number of alkyl halides is 3. The molecule has 2 aromatic heterocycles. The Bertz CT molecular complexity index is 847. The average Bonchev–Trinajstić information content (AvgIpc) is 2.55. The molecule has 1 aromatic carbocycles. The minimum atomic E-state index is -1.72. The van der Waals surface area contributed by atoms with E-state index in [-0.39, 0.29) is 5.82 Å². The molecule has 0 aliphatic carbocycles. The lowest BCUT2D eigenvalue weighted by molar-refractivity contribution is 0.992. The predicted octanol–water partition coefficient (Wildman–Crippen LogP) is 4.30. The van der Waals surface area contributed by atoms with Crippen LogP contribution in [0.4, 0.5) is 5.82 Å². The van der Waals surface area contributed by atoms with E-state index in [9.17, 15) is 0 Å². The van der Waals surface area contributed by atoms with Crippen molar-refractivity contribution in [1.29, 1.82) is 0 Å². The second-order valence-corrected chi connectivity index (χ2v) is 6.82. The fourth-order valence-electron chi connectivity index (χ4n) is 1.90. The van der Waals surface area contributed by atoms with Gasteiger partial charge in [0.05, 0.1) is 17.4 Å². The zero-order chi connectivity index (χ0) is 16.3. The molecule has 0 spiro atoms. The van der Waals surface area contributed by atoms with Crippen LogP contribution >= 0.6 is 34.8 Å². The number of para-hydroxylation sites is 1. The summed E-state index contributed by atoms with van der Waals surface area (Å²) in [5.74, 6) is 0.529. The minimum absolute atomic E-state index is 0.0803. The van der Waals surface area contributed by atoms with Crippen LogP contribution < -0.4 is 5.43 Å². The van der Waals surface area contributed by atoms with E-state index in [1.54, 1.807) is 12.4 Å². The molecular formula is C15H10Cl3N5. The lowest BCUT2D eigenvalue weighted by atomic mass is 10.2. The van der Waals surface area contributed by atoms with Gasteiger partial charge in [0, 0.05) is 11.6 Å². The number of hydrogen-bond donors (Lipinski definition) is 1. The molecule has 116 valence electrons.